The van der Waals surface area contributed by atoms with Gasteiger partial charge in [-0.05, 0) is 60.9 Å². The molecule has 0 aliphatic carbocycles. The number of rotatable bonds is 8. The standard InChI is InChI=1S/C22H19N3O7/c1-14-4-3-5-15(2)21(14)30-13-19(26)24-23-12-16-6-8-17(9-7-16)31-22(27)18-10-11-20(32-18)25(28)29/h3-12H,13H2,1-2H3,(H,24,26)/b23-12-. The van der Waals surface area contributed by atoms with E-state index in [0.717, 1.165) is 23.3 Å². The van der Waals surface area contributed by atoms with Gasteiger partial charge in [-0.2, -0.15) is 5.10 Å². The number of aryl methyl sites for hydroxylation is 2. The minimum Gasteiger partial charge on any atom is -0.483 e. The number of carbonyl (C=O) groups excluding carboxylic acids is 2. The molecule has 2 aromatic carbocycles. The molecule has 0 bridgehead atoms. The maximum atomic E-state index is 12.0. The van der Waals surface area contributed by atoms with E-state index in [1.807, 2.05) is 32.0 Å². The van der Waals surface area contributed by atoms with Crippen molar-refractivity contribution >= 4 is 24.0 Å². The third-order valence-electron chi connectivity index (χ3n) is 4.22. The van der Waals surface area contributed by atoms with Crippen molar-refractivity contribution < 1.29 is 28.4 Å². The number of amides is 1. The van der Waals surface area contributed by atoms with Gasteiger partial charge >= 0.3 is 11.9 Å². The Hall–Kier alpha value is -4.47. The highest BCUT2D eigenvalue weighted by atomic mass is 16.7. The maximum absolute atomic E-state index is 12.0. The fourth-order valence-electron chi connectivity index (χ4n) is 2.69. The van der Waals surface area contributed by atoms with E-state index in [1.165, 1.54) is 18.3 Å². The summed E-state index contributed by atoms with van der Waals surface area (Å²) in [5.41, 5.74) is 4.88. The zero-order chi connectivity index (χ0) is 23.1. The Morgan fingerprint density at radius 2 is 1.78 bits per heavy atom. The molecular formula is C22H19N3O7. The van der Waals surface area contributed by atoms with Crippen molar-refractivity contribution in [3.05, 3.63) is 87.2 Å². The van der Waals surface area contributed by atoms with Crippen LogP contribution in [0.1, 0.15) is 27.2 Å². The smallest absolute Gasteiger partial charge is 0.433 e. The first kappa shape index (κ1) is 22.2. The summed E-state index contributed by atoms with van der Waals surface area (Å²) in [7, 11) is 0. The molecule has 0 saturated heterocycles. The van der Waals surface area contributed by atoms with Crippen molar-refractivity contribution in [2.75, 3.05) is 6.61 Å². The van der Waals surface area contributed by atoms with Crippen LogP contribution in [0.15, 0.2) is 64.1 Å². The monoisotopic (exact) mass is 437 g/mol. The SMILES string of the molecule is Cc1cccc(C)c1OCC(=O)N/N=C\c1ccc(OC(=O)c2ccc([N+](=O)[O-])o2)cc1. The molecule has 0 unspecified atom stereocenters. The zero-order valence-corrected chi connectivity index (χ0v) is 17.2. The minimum atomic E-state index is -0.865. The lowest BCUT2D eigenvalue weighted by Gasteiger charge is -2.10. The van der Waals surface area contributed by atoms with Crippen LogP contribution >= 0.6 is 0 Å². The Morgan fingerprint density at radius 1 is 1.09 bits per heavy atom. The Labute approximate surface area is 182 Å². The van der Waals surface area contributed by atoms with Gasteiger partial charge < -0.3 is 13.9 Å². The van der Waals surface area contributed by atoms with Gasteiger partial charge in [0.05, 0.1) is 12.3 Å². The van der Waals surface area contributed by atoms with Gasteiger partial charge in [0.25, 0.3) is 5.91 Å². The number of benzene rings is 2. The Kier molecular flexibility index (Phi) is 6.96. The van der Waals surface area contributed by atoms with Crippen molar-refractivity contribution in [3.63, 3.8) is 0 Å². The second-order valence-electron chi connectivity index (χ2n) is 6.66. The van der Waals surface area contributed by atoms with Gasteiger partial charge in [0.1, 0.15) is 16.4 Å². The predicted molar refractivity (Wildman–Crippen MR) is 114 cm³/mol. The van der Waals surface area contributed by atoms with E-state index in [4.69, 9.17) is 13.9 Å². The van der Waals surface area contributed by atoms with Crippen LogP contribution in [0.5, 0.6) is 11.5 Å². The lowest BCUT2D eigenvalue weighted by molar-refractivity contribution is -0.402. The normalized spacial score (nSPS) is 10.7. The summed E-state index contributed by atoms with van der Waals surface area (Å²) in [6, 6.07) is 14.2. The van der Waals surface area contributed by atoms with Crippen LogP contribution in [0.2, 0.25) is 0 Å². The molecule has 0 saturated carbocycles. The molecule has 0 aliphatic heterocycles. The second-order valence-corrected chi connectivity index (χ2v) is 6.66. The fraction of sp³-hybridized carbons (Fsp3) is 0.136. The third kappa shape index (κ3) is 5.79. The van der Waals surface area contributed by atoms with Crippen molar-refractivity contribution in [1.29, 1.82) is 0 Å². The number of hydrazone groups is 1. The molecule has 1 N–H and O–H groups in total. The molecule has 1 amide bonds. The van der Waals surface area contributed by atoms with Gasteiger partial charge in [-0.3, -0.25) is 14.9 Å². The van der Waals surface area contributed by atoms with Gasteiger partial charge in [-0.15, -0.1) is 0 Å². The number of ether oxygens (including phenoxy) is 2. The van der Waals surface area contributed by atoms with Crippen LogP contribution in [0.4, 0.5) is 5.88 Å². The van der Waals surface area contributed by atoms with Crippen LogP contribution in [0.25, 0.3) is 0 Å². The van der Waals surface area contributed by atoms with Crippen LogP contribution in [-0.2, 0) is 4.79 Å². The van der Waals surface area contributed by atoms with Gasteiger partial charge in [0, 0.05) is 0 Å². The summed E-state index contributed by atoms with van der Waals surface area (Å²) in [4.78, 5) is 33.7. The number of furan rings is 1. The molecule has 0 spiro atoms. The number of para-hydroxylation sites is 1. The highest BCUT2D eigenvalue weighted by Crippen LogP contribution is 2.22. The van der Waals surface area contributed by atoms with E-state index in [9.17, 15) is 19.7 Å². The number of hydrogen-bond acceptors (Lipinski definition) is 8. The Bertz CT molecular complexity index is 1150. The lowest BCUT2D eigenvalue weighted by atomic mass is 10.1. The first-order valence-electron chi connectivity index (χ1n) is 9.41. The largest absolute Gasteiger partial charge is 0.483 e. The lowest BCUT2D eigenvalue weighted by Crippen LogP contribution is -2.25. The van der Waals surface area contributed by atoms with E-state index in [0.29, 0.717) is 11.3 Å². The van der Waals surface area contributed by atoms with E-state index in [-0.39, 0.29) is 18.1 Å². The van der Waals surface area contributed by atoms with Gasteiger partial charge in [0.15, 0.2) is 6.61 Å². The highest BCUT2D eigenvalue weighted by Gasteiger charge is 2.19. The molecule has 3 rings (SSSR count). The molecule has 10 heteroatoms. The van der Waals surface area contributed by atoms with E-state index in [2.05, 4.69) is 10.5 Å². The molecule has 164 valence electrons. The number of nitrogens with zero attached hydrogens (tertiary/aromatic N) is 2. The van der Waals surface area contributed by atoms with Crippen molar-refractivity contribution in [2.45, 2.75) is 13.8 Å². The van der Waals surface area contributed by atoms with Gasteiger partial charge in [-0.1, -0.05) is 18.2 Å². The van der Waals surface area contributed by atoms with Crippen molar-refractivity contribution in [2.24, 2.45) is 5.10 Å². The molecular weight excluding hydrogens is 418 g/mol. The summed E-state index contributed by atoms with van der Waals surface area (Å²) >= 11 is 0. The Balaban J connectivity index is 1.48. The highest BCUT2D eigenvalue weighted by molar-refractivity contribution is 5.88. The Morgan fingerprint density at radius 3 is 2.41 bits per heavy atom. The average Bonchev–Trinajstić information content (AvgIpc) is 3.26. The molecule has 0 radical (unpaired) electrons. The van der Waals surface area contributed by atoms with Crippen molar-refractivity contribution in [1.82, 2.24) is 5.43 Å². The van der Waals surface area contributed by atoms with Crippen LogP contribution < -0.4 is 14.9 Å². The van der Waals surface area contributed by atoms with E-state index in [1.54, 1.807) is 12.1 Å². The van der Waals surface area contributed by atoms with Crippen molar-refractivity contribution in [3.8, 4) is 11.5 Å². The third-order valence-corrected chi connectivity index (χ3v) is 4.22. The second kappa shape index (κ2) is 10.0. The van der Waals surface area contributed by atoms with Crippen LogP contribution in [-0.4, -0.2) is 29.6 Å². The minimum absolute atomic E-state index is 0.178. The first-order chi connectivity index (χ1) is 15.3. The maximum Gasteiger partial charge on any atom is 0.433 e. The summed E-state index contributed by atoms with van der Waals surface area (Å²) in [6.45, 7) is 3.62. The molecule has 0 atom stereocenters. The van der Waals surface area contributed by atoms with E-state index < -0.39 is 22.7 Å². The molecule has 10 nitrogen and oxygen atoms in total. The average molecular weight is 437 g/mol. The molecule has 1 heterocycles. The van der Waals surface area contributed by atoms with Crippen LogP contribution in [0.3, 0.4) is 0 Å². The first-order valence-corrected chi connectivity index (χ1v) is 9.41. The molecule has 0 fully saturated rings. The number of carbonyl (C=O) groups is 2. The summed E-state index contributed by atoms with van der Waals surface area (Å²) < 4.78 is 15.4. The fourth-order valence-corrected chi connectivity index (χ4v) is 2.69. The van der Waals surface area contributed by atoms with Crippen LogP contribution in [0, 0.1) is 24.0 Å². The molecule has 3 aromatic rings. The summed E-state index contributed by atoms with van der Waals surface area (Å²) in [5.74, 6) is -1.24. The molecule has 0 aliphatic rings. The molecule has 1 aromatic heterocycles. The topological polar surface area (TPSA) is 133 Å². The summed E-state index contributed by atoms with van der Waals surface area (Å²) in [5, 5.41) is 14.5. The number of nitrogens with one attached hydrogen (secondary N) is 1. The van der Waals surface area contributed by atoms with E-state index >= 15 is 0 Å². The number of hydrogen-bond donors (Lipinski definition) is 1. The number of esters is 1. The van der Waals surface area contributed by atoms with Gasteiger partial charge in [0.2, 0.25) is 5.76 Å². The zero-order valence-electron chi connectivity index (χ0n) is 17.2. The predicted octanol–water partition coefficient (Wildman–Crippen LogP) is 3.55. The number of nitro groups is 1. The quantitative estimate of drug-likeness (QED) is 0.187. The molecule has 32 heavy (non-hydrogen) atoms. The van der Waals surface area contributed by atoms with Gasteiger partial charge in [-0.25, -0.2) is 10.2 Å². The summed E-state index contributed by atoms with van der Waals surface area (Å²) in [6.07, 6.45) is 1.42.